The predicted molar refractivity (Wildman–Crippen MR) is 73.0 cm³/mol. The number of nitrogens with zero attached hydrogens (tertiary/aromatic N) is 2. The Morgan fingerprint density at radius 2 is 2.29 bits per heavy atom. The zero-order valence-electron chi connectivity index (χ0n) is 9.65. The Hall–Kier alpha value is -1.16. The molecule has 2 aromatic rings. The molecule has 3 rings (SSSR count). The minimum atomic E-state index is 0.827. The summed E-state index contributed by atoms with van der Waals surface area (Å²) in [6, 6.07) is 3.99. The predicted octanol–water partition coefficient (Wildman–Crippen LogP) is 3.46. The molecule has 1 fully saturated rings. The van der Waals surface area contributed by atoms with E-state index in [0.29, 0.717) is 0 Å². The van der Waals surface area contributed by atoms with Crippen LogP contribution in [0, 0.1) is 11.8 Å². The number of halogens is 1. The minimum absolute atomic E-state index is 0.827. The van der Waals surface area contributed by atoms with E-state index in [1.165, 1.54) is 6.42 Å². The van der Waals surface area contributed by atoms with Gasteiger partial charge in [0.15, 0.2) is 0 Å². The van der Waals surface area contributed by atoms with E-state index in [4.69, 9.17) is 0 Å². The van der Waals surface area contributed by atoms with Crippen LogP contribution in [0.15, 0.2) is 29.0 Å². The lowest BCUT2D eigenvalue weighted by molar-refractivity contribution is 0.787. The molecule has 4 heteroatoms. The molecular weight excluding hydrogens is 278 g/mol. The Labute approximate surface area is 109 Å². The number of hydrogen-bond donors (Lipinski definition) is 1. The van der Waals surface area contributed by atoms with Gasteiger partial charge in [0.1, 0.15) is 5.52 Å². The zero-order chi connectivity index (χ0) is 11.8. The van der Waals surface area contributed by atoms with E-state index in [2.05, 4.69) is 38.1 Å². The van der Waals surface area contributed by atoms with Crippen molar-refractivity contribution in [3.63, 3.8) is 0 Å². The third kappa shape index (κ3) is 2.27. The van der Waals surface area contributed by atoms with Crippen LogP contribution >= 0.6 is 15.9 Å². The molecule has 0 radical (unpaired) electrons. The van der Waals surface area contributed by atoms with Gasteiger partial charge in [-0.25, -0.2) is 0 Å². The van der Waals surface area contributed by atoms with Gasteiger partial charge in [-0.3, -0.25) is 9.97 Å². The second kappa shape index (κ2) is 4.26. The first-order chi connectivity index (χ1) is 8.24. The van der Waals surface area contributed by atoms with Gasteiger partial charge < -0.3 is 5.32 Å². The molecule has 2 aromatic heterocycles. The van der Waals surface area contributed by atoms with Crippen molar-refractivity contribution in [2.45, 2.75) is 13.3 Å². The SMILES string of the molecule is CC1CC1CNc1ccnc2cc(Br)cnc12. The summed E-state index contributed by atoms with van der Waals surface area (Å²) < 4.78 is 0.963. The zero-order valence-corrected chi connectivity index (χ0v) is 11.2. The summed E-state index contributed by atoms with van der Waals surface area (Å²) in [5.41, 5.74) is 2.96. The van der Waals surface area contributed by atoms with E-state index in [0.717, 1.165) is 39.6 Å². The first kappa shape index (κ1) is 11.0. The lowest BCUT2D eigenvalue weighted by Crippen LogP contribution is -2.05. The Balaban J connectivity index is 1.87. The molecule has 0 bridgehead atoms. The van der Waals surface area contributed by atoms with Crippen molar-refractivity contribution in [1.82, 2.24) is 9.97 Å². The lowest BCUT2D eigenvalue weighted by atomic mass is 10.2. The summed E-state index contributed by atoms with van der Waals surface area (Å²) in [6.45, 7) is 3.34. The van der Waals surface area contributed by atoms with Crippen LogP contribution in [-0.2, 0) is 0 Å². The van der Waals surface area contributed by atoms with Crippen LogP contribution in [0.4, 0.5) is 5.69 Å². The third-order valence-corrected chi connectivity index (χ3v) is 3.81. The summed E-state index contributed by atoms with van der Waals surface area (Å²) in [5.74, 6) is 1.70. The number of nitrogens with one attached hydrogen (secondary N) is 1. The normalized spacial score (nSPS) is 22.7. The highest BCUT2D eigenvalue weighted by Crippen LogP contribution is 2.37. The van der Waals surface area contributed by atoms with Crippen molar-refractivity contribution in [1.29, 1.82) is 0 Å². The standard InChI is InChI=1S/C13H14BrN3/c1-8-4-9(8)6-16-11-2-3-15-12-5-10(14)7-17-13(11)12/h2-3,5,7-9H,4,6H2,1H3,(H,15,16). The van der Waals surface area contributed by atoms with Gasteiger partial charge in [0.2, 0.25) is 0 Å². The van der Waals surface area contributed by atoms with Crippen LogP contribution in [0.3, 0.4) is 0 Å². The van der Waals surface area contributed by atoms with Crippen LogP contribution in [0.25, 0.3) is 11.0 Å². The molecule has 0 saturated heterocycles. The maximum absolute atomic E-state index is 4.43. The number of fused-ring (bicyclic) bond motifs is 1. The summed E-state index contributed by atoms with van der Waals surface area (Å²) >= 11 is 3.41. The monoisotopic (exact) mass is 291 g/mol. The highest BCUT2D eigenvalue weighted by molar-refractivity contribution is 9.10. The van der Waals surface area contributed by atoms with Crippen molar-refractivity contribution >= 4 is 32.7 Å². The van der Waals surface area contributed by atoms with E-state index in [-0.39, 0.29) is 0 Å². The molecule has 2 heterocycles. The second-order valence-electron chi connectivity index (χ2n) is 4.73. The molecular formula is C13H14BrN3. The Morgan fingerprint density at radius 3 is 3.06 bits per heavy atom. The van der Waals surface area contributed by atoms with Gasteiger partial charge in [-0.2, -0.15) is 0 Å². The molecule has 0 amide bonds. The van der Waals surface area contributed by atoms with Gasteiger partial charge in [-0.1, -0.05) is 6.92 Å². The second-order valence-corrected chi connectivity index (χ2v) is 5.65. The van der Waals surface area contributed by atoms with Crippen molar-refractivity contribution < 1.29 is 0 Å². The van der Waals surface area contributed by atoms with Gasteiger partial charge in [-0.05, 0) is 46.3 Å². The summed E-state index contributed by atoms with van der Waals surface area (Å²) in [5, 5.41) is 3.48. The lowest BCUT2D eigenvalue weighted by Gasteiger charge is -2.08. The van der Waals surface area contributed by atoms with Gasteiger partial charge >= 0.3 is 0 Å². The van der Waals surface area contributed by atoms with Crippen molar-refractivity contribution in [2.24, 2.45) is 11.8 Å². The largest absolute Gasteiger partial charge is 0.383 e. The molecule has 0 aromatic carbocycles. The maximum Gasteiger partial charge on any atom is 0.112 e. The Kier molecular flexibility index (Phi) is 2.74. The van der Waals surface area contributed by atoms with E-state index in [1.807, 2.05) is 24.5 Å². The fourth-order valence-electron chi connectivity index (χ4n) is 2.07. The molecule has 2 atom stereocenters. The first-order valence-corrected chi connectivity index (χ1v) is 6.67. The number of aromatic nitrogens is 2. The van der Waals surface area contributed by atoms with E-state index >= 15 is 0 Å². The van der Waals surface area contributed by atoms with Crippen molar-refractivity contribution in [3.8, 4) is 0 Å². The number of anilines is 1. The maximum atomic E-state index is 4.43. The number of pyridine rings is 2. The fourth-order valence-corrected chi connectivity index (χ4v) is 2.39. The minimum Gasteiger partial charge on any atom is -0.383 e. The quantitative estimate of drug-likeness (QED) is 0.941. The van der Waals surface area contributed by atoms with Gasteiger partial charge in [0, 0.05) is 23.4 Å². The Morgan fingerprint density at radius 1 is 1.47 bits per heavy atom. The molecule has 17 heavy (non-hydrogen) atoms. The molecule has 3 nitrogen and oxygen atoms in total. The van der Waals surface area contributed by atoms with Gasteiger partial charge in [-0.15, -0.1) is 0 Å². The summed E-state index contributed by atoms with van der Waals surface area (Å²) in [6.07, 6.45) is 4.99. The molecule has 1 aliphatic rings. The van der Waals surface area contributed by atoms with Crippen LogP contribution < -0.4 is 5.32 Å². The molecule has 0 aliphatic heterocycles. The fraction of sp³-hybridized carbons (Fsp3) is 0.385. The highest BCUT2D eigenvalue weighted by atomic mass is 79.9. The smallest absolute Gasteiger partial charge is 0.112 e. The first-order valence-electron chi connectivity index (χ1n) is 5.88. The molecule has 1 N–H and O–H groups in total. The molecule has 2 unspecified atom stereocenters. The van der Waals surface area contributed by atoms with Crippen LogP contribution in [-0.4, -0.2) is 16.5 Å². The molecule has 88 valence electrons. The summed E-state index contributed by atoms with van der Waals surface area (Å²) in [4.78, 5) is 8.75. The average molecular weight is 292 g/mol. The molecule has 1 saturated carbocycles. The van der Waals surface area contributed by atoms with E-state index < -0.39 is 0 Å². The van der Waals surface area contributed by atoms with Gasteiger partial charge in [0.05, 0.1) is 11.2 Å². The van der Waals surface area contributed by atoms with Crippen LogP contribution in [0.1, 0.15) is 13.3 Å². The van der Waals surface area contributed by atoms with Gasteiger partial charge in [0.25, 0.3) is 0 Å². The van der Waals surface area contributed by atoms with E-state index in [9.17, 15) is 0 Å². The van der Waals surface area contributed by atoms with E-state index in [1.54, 1.807) is 0 Å². The topological polar surface area (TPSA) is 37.8 Å². The third-order valence-electron chi connectivity index (χ3n) is 3.37. The van der Waals surface area contributed by atoms with Crippen LogP contribution in [0.5, 0.6) is 0 Å². The van der Waals surface area contributed by atoms with Crippen LogP contribution in [0.2, 0.25) is 0 Å². The van der Waals surface area contributed by atoms with Crippen molar-refractivity contribution in [3.05, 3.63) is 29.0 Å². The summed E-state index contributed by atoms with van der Waals surface area (Å²) in [7, 11) is 0. The molecule has 1 aliphatic carbocycles. The Bertz CT molecular complexity index is 555. The molecule has 0 spiro atoms. The number of hydrogen-bond acceptors (Lipinski definition) is 3. The number of rotatable bonds is 3. The van der Waals surface area contributed by atoms with Crippen molar-refractivity contribution in [2.75, 3.05) is 11.9 Å². The average Bonchev–Trinajstić information content (AvgIpc) is 3.02. The highest BCUT2D eigenvalue weighted by Gasteiger charge is 2.31.